The van der Waals surface area contributed by atoms with Crippen LogP contribution in [-0.2, 0) is 4.79 Å². The van der Waals surface area contributed by atoms with E-state index in [1.165, 1.54) is 0 Å². The van der Waals surface area contributed by atoms with Crippen molar-refractivity contribution < 1.29 is 27.9 Å². The van der Waals surface area contributed by atoms with Crippen molar-refractivity contribution in [2.75, 3.05) is 13.1 Å². The minimum Gasteiger partial charge on any atom is -0.480 e. The summed E-state index contributed by atoms with van der Waals surface area (Å²) in [6, 6.07) is -2.28. The number of nitrogens with zero attached hydrogens (tertiary/aromatic N) is 1. The average Bonchev–Trinajstić information content (AvgIpc) is 2.20. The van der Waals surface area contributed by atoms with Gasteiger partial charge in [-0.2, -0.15) is 13.2 Å². The Morgan fingerprint density at radius 1 is 1.25 bits per heavy atom. The third-order valence-corrected chi connectivity index (χ3v) is 2.53. The molecule has 0 bridgehead atoms. The zero-order valence-electron chi connectivity index (χ0n) is 12.0. The Balaban J connectivity index is 4.94. The molecule has 2 N–H and O–H groups in total. The molecule has 0 aromatic rings. The quantitative estimate of drug-likeness (QED) is 0.819. The SMILES string of the molecule is CCCN(CC(F)(F)F)C(=O)NC(C(=O)O)C(C)(C)C. The van der Waals surface area contributed by atoms with E-state index in [-0.39, 0.29) is 6.54 Å². The maximum absolute atomic E-state index is 12.4. The molecule has 2 amide bonds. The van der Waals surface area contributed by atoms with Crippen molar-refractivity contribution in [1.29, 1.82) is 0 Å². The number of aliphatic carboxylic acids is 1. The molecular weight excluding hydrogens is 277 g/mol. The second-order valence-corrected chi connectivity index (χ2v) is 5.62. The monoisotopic (exact) mass is 298 g/mol. The third kappa shape index (κ3) is 6.63. The predicted molar refractivity (Wildman–Crippen MR) is 67.3 cm³/mol. The van der Waals surface area contributed by atoms with Crippen LogP contribution >= 0.6 is 0 Å². The van der Waals surface area contributed by atoms with E-state index in [1.54, 1.807) is 27.7 Å². The summed E-state index contributed by atoms with van der Waals surface area (Å²) in [6.45, 7) is 4.89. The first-order valence-electron chi connectivity index (χ1n) is 6.23. The van der Waals surface area contributed by atoms with E-state index in [2.05, 4.69) is 5.32 Å². The Morgan fingerprint density at radius 3 is 2.05 bits per heavy atom. The lowest BCUT2D eigenvalue weighted by atomic mass is 9.87. The van der Waals surface area contributed by atoms with E-state index in [9.17, 15) is 22.8 Å². The van der Waals surface area contributed by atoms with Crippen LogP contribution in [0.2, 0.25) is 0 Å². The van der Waals surface area contributed by atoms with Crippen LogP contribution in [-0.4, -0.2) is 47.3 Å². The predicted octanol–water partition coefficient (Wildman–Crippen LogP) is 2.47. The lowest BCUT2D eigenvalue weighted by Crippen LogP contribution is -2.54. The fourth-order valence-corrected chi connectivity index (χ4v) is 1.60. The second kappa shape index (κ2) is 6.81. The Labute approximate surface area is 116 Å². The number of hydrogen-bond acceptors (Lipinski definition) is 2. The maximum Gasteiger partial charge on any atom is 0.406 e. The highest BCUT2D eigenvalue weighted by Crippen LogP contribution is 2.21. The molecule has 0 aromatic heterocycles. The molecule has 1 atom stereocenters. The Bertz CT molecular complexity index is 351. The summed E-state index contributed by atoms with van der Waals surface area (Å²) in [4.78, 5) is 23.5. The topological polar surface area (TPSA) is 69.6 Å². The number of urea groups is 1. The standard InChI is InChI=1S/C12H21F3N2O3/c1-5-6-17(7-12(13,14)15)10(20)16-8(9(18)19)11(2,3)4/h8H,5-7H2,1-4H3,(H,16,20)(H,18,19). The van der Waals surface area contributed by atoms with Crippen LogP contribution in [0.5, 0.6) is 0 Å². The molecule has 20 heavy (non-hydrogen) atoms. The lowest BCUT2D eigenvalue weighted by Gasteiger charge is -2.31. The first kappa shape index (κ1) is 18.5. The van der Waals surface area contributed by atoms with Crippen LogP contribution in [0.15, 0.2) is 0 Å². The van der Waals surface area contributed by atoms with Crippen LogP contribution in [0.3, 0.4) is 0 Å². The zero-order valence-corrected chi connectivity index (χ0v) is 12.0. The highest BCUT2D eigenvalue weighted by atomic mass is 19.4. The van der Waals surface area contributed by atoms with Gasteiger partial charge in [0, 0.05) is 6.54 Å². The summed E-state index contributed by atoms with van der Waals surface area (Å²) in [5.74, 6) is -1.28. The third-order valence-electron chi connectivity index (χ3n) is 2.53. The molecule has 0 aliphatic heterocycles. The molecule has 0 rings (SSSR count). The number of carboxylic acid groups (broad SMARTS) is 1. The molecule has 0 heterocycles. The van der Waals surface area contributed by atoms with E-state index >= 15 is 0 Å². The molecule has 118 valence electrons. The van der Waals surface area contributed by atoms with Gasteiger partial charge in [-0.1, -0.05) is 27.7 Å². The number of amides is 2. The molecule has 8 heteroatoms. The van der Waals surface area contributed by atoms with Gasteiger partial charge in [-0.3, -0.25) is 0 Å². The summed E-state index contributed by atoms with van der Waals surface area (Å²) in [5, 5.41) is 11.2. The Hall–Kier alpha value is -1.47. The number of carboxylic acids is 1. The largest absolute Gasteiger partial charge is 0.480 e. The number of carbonyl (C=O) groups is 2. The zero-order chi connectivity index (χ0) is 16.1. The van der Waals surface area contributed by atoms with E-state index in [1.807, 2.05) is 0 Å². The number of nitrogens with one attached hydrogen (secondary N) is 1. The molecule has 0 fully saturated rings. The molecule has 0 radical (unpaired) electrons. The van der Waals surface area contributed by atoms with Crippen LogP contribution < -0.4 is 5.32 Å². The highest BCUT2D eigenvalue weighted by molar-refractivity contribution is 5.83. The van der Waals surface area contributed by atoms with Crippen molar-refractivity contribution in [2.45, 2.75) is 46.3 Å². The molecule has 0 saturated heterocycles. The van der Waals surface area contributed by atoms with Crippen LogP contribution in [0.1, 0.15) is 34.1 Å². The van der Waals surface area contributed by atoms with Crippen LogP contribution in [0, 0.1) is 5.41 Å². The van der Waals surface area contributed by atoms with Crippen molar-refractivity contribution in [2.24, 2.45) is 5.41 Å². The molecule has 0 aromatic carbocycles. The van der Waals surface area contributed by atoms with Gasteiger partial charge in [-0.25, -0.2) is 9.59 Å². The molecule has 0 aliphatic carbocycles. The summed E-state index contributed by atoms with van der Waals surface area (Å²) >= 11 is 0. The van der Waals surface area contributed by atoms with Gasteiger partial charge < -0.3 is 15.3 Å². The average molecular weight is 298 g/mol. The summed E-state index contributed by atoms with van der Waals surface area (Å²) < 4.78 is 37.1. The normalized spacial score (nSPS) is 13.8. The van der Waals surface area contributed by atoms with E-state index in [0.29, 0.717) is 11.3 Å². The van der Waals surface area contributed by atoms with Crippen molar-refractivity contribution >= 4 is 12.0 Å². The van der Waals surface area contributed by atoms with E-state index < -0.39 is 36.2 Å². The lowest BCUT2D eigenvalue weighted by molar-refractivity contribution is -0.142. The second-order valence-electron chi connectivity index (χ2n) is 5.62. The van der Waals surface area contributed by atoms with Crippen LogP contribution in [0.25, 0.3) is 0 Å². The van der Waals surface area contributed by atoms with Crippen molar-refractivity contribution in [3.8, 4) is 0 Å². The molecule has 0 spiro atoms. The fourth-order valence-electron chi connectivity index (χ4n) is 1.60. The number of hydrogen-bond donors (Lipinski definition) is 2. The molecule has 0 aliphatic rings. The molecule has 5 nitrogen and oxygen atoms in total. The summed E-state index contributed by atoms with van der Waals surface area (Å²) in [5.41, 5.74) is -0.808. The number of rotatable bonds is 5. The van der Waals surface area contributed by atoms with E-state index in [0.717, 1.165) is 0 Å². The number of carbonyl (C=O) groups excluding carboxylic acids is 1. The molecule has 1 unspecified atom stereocenters. The van der Waals surface area contributed by atoms with Gasteiger partial charge in [0.2, 0.25) is 0 Å². The summed E-state index contributed by atoms with van der Waals surface area (Å²) in [6.07, 6.45) is -4.18. The molecular formula is C12H21F3N2O3. The van der Waals surface area contributed by atoms with E-state index in [4.69, 9.17) is 5.11 Å². The van der Waals surface area contributed by atoms with Gasteiger partial charge in [0.25, 0.3) is 0 Å². The number of halogens is 3. The Kier molecular flexibility index (Phi) is 6.31. The smallest absolute Gasteiger partial charge is 0.406 e. The van der Waals surface area contributed by atoms with Crippen LogP contribution in [0.4, 0.5) is 18.0 Å². The minimum atomic E-state index is -4.52. The summed E-state index contributed by atoms with van der Waals surface area (Å²) in [7, 11) is 0. The molecule has 0 saturated carbocycles. The van der Waals surface area contributed by atoms with Gasteiger partial charge >= 0.3 is 18.2 Å². The number of alkyl halides is 3. The van der Waals surface area contributed by atoms with Gasteiger partial charge in [-0.05, 0) is 11.8 Å². The van der Waals surface area contributed by atoms with Crippen molar-refractivity contribution in [3.05, 3.63) is 0 Å². The minimum absolute atomic E-state index is 0.0954. The van der Waals surface area contributed by atoms with Crippen molar-refractivity contribution in [1.82, 2.24) is 10.2 Å². The van der Waals surface area contributed by atoms with Crippen molar-refractivity contribution in [3.63, 3.8) is 0 Å². The first-order valence-corrected chi connectivity index (χ1v) is 6.23. The fraction of sp³-hybridized carbons (Fsp3) is 0.833. The highest BCUT2D eigenvalue weighted by Gasteiger charge is 2.37. The Morgan fingerprint density at radius 2 is 1.75 bits per heavy atom. The van der Waals surface area contributed by atoms with Gasteiger partial charge in [0.05, 0.1) is 0 Å². The van der Waals surface area contributed by atoms with Gasteiger partial charge in [0.1, 0.15) is 12.6 Å². The van der Waals surface area contributed by atoms with Gasteiger partial charge in [0.15, 0.2) is 0 Å². The first-order chi connectivity index (χ1) is 8.88. The van der Waals surface area contributed by atoms with Gasteiger partial charge in [-0.15, -0.1) is 0 Å². The maximum atomic E-state index is 12.4.